The Morgan fingerprint density at radius 2 is 1.86 bits per heavy atom. The number of ether oxygens (including phenoxy) is 2. The fourth-order valence-electron chi connectivity index (χ4n) is 2.56. The molecule has 1 aliphatic rings. The van der Waals surface area contributed by atoms with Gasteiger partial charge in [-0.2, -0.15) is 0 Å². The summed E-state index contributed by atoms with van der Waals surface area (Å²) in [6.07, 6.45) is 2.54. The van der Waals surface area contributed by atoms with Gasteiger partial charge in [-0.1, -0.05) is 30.3 Å². The first-order valence-corrected chi connectivity index (χ1v) is 7.23. The lowest BCUT2D eigenvalue weighted by atomic mass is 9.91. The minimum absolute atomic E-state index is 0.210. The monoisotopic (exact) mass is 282 g/mol. The van der Waals surface area contributed by atoms with Crippen molar-refractivity contribution in [2.45, 2.75) is 25.9 Å². The zero-order valence-electron chi connectivity index (χ0n) is 11.9. The van der Waals surface area contributed by atoms with E-state index in [0.717, 1.165) is 35.3 Å². The maximum Gasteiger partial charge on any atom is 0.189 e. The molecule has 3 heteroatoms. The molecule has 108 valence electrons. The molecule has 3 nitrogen and oxygen atoms in total. The zero-order chi connectivity index (χ0) is 14.5. The van der Waals surface area contributed by atoms with Crippen molar-refractivity contribution < 1.29 is 14.3 Å². The van der Waals surface area contributed by atoms with Crippen molar-refractivity contribution in [2.24, 2.45) is 0 Å². The molecular weight excluding hydrogens is 264 g/mol. The molecule has 3 rings (SSSR count). The molecule has 0 saturated carbocycles. The Labute approximate surface area is 124 Å². The second-order valence-electron chi connectivity index (χ2n) is 5.19. The van der Waals surface area contributed by atoms with Gasteiger partial charge in [-0.15, -0.1) is 0 Å². The zero-order valence-corrected chi connectivity index (χ0v) is 11.9. The van der Waals surface area contributed by atoms with Crippen LogP contribution < -0.4 is 4.74 Å². The Morgan fingerprint density at radius 1 is 1.00 bits per heavy atom. The summed E-state index contributed by atoms with van der Waals surface area (Å²) in [6, 6.07) is 15.7. The Hall–Kier alpha value is -2.13. The highest BCUT2D eigenvalue weighted by Gasteiger charge is 2.17. The molecule has 21 heavy (non-hydrogen) atoms. The Bertz CT molecular complexity index is 620. The molecule has 0 bridgehead atoms. The fourth-order valence-corrected chi connectivity index (χ4v) is 2.56. The van der Waals surface area contributed by atoms with E-state index in [-0.39, 0.29) is 12.6 Å². The van der Waals surface area contributed by atoms with E-state index in [9.17, 15) is 4.79 Å². The number of ketones is 1. The molecule has 0 aliphatic heterocycles. The van der Waals surface area contributed by atoms with E-state index >= 15 is 0 Å². The minimum atomic E-state index is 0.210. The maximum atomic E-state index is 11.7. The SMILES string of the molecule is O=C1CCCc2cc(OCOCc3ccccc3)ccc21. The summed E-state index contributed by atoms with van der Waals surface area (Å²) in [5, 5.41) is 0. The molecule has 0 N–H and O–H groups in total. The molecule has 2 aromatic carbocycles. The summed E-state index contributed by atoms with van der Waals surface area (Å²) in [6.45, 7) is 0.742. The molecule has 0 heterocycles. The van der Waals surface area contributed by atoms with Crippen LogP contribution in [-0.4, -0.2) is 12.6 Å². The van der Waals surface area contributed by atoms with Crippen LogP contribution in [0.25, 0.3) is 0 Å². The van der Waals surface area contributed by atoms with Crippen LogP contribution >= 0.6 is 0 Å². The number of carbonyl (C=O) groups is 1. The number of carbonyl (C=O) groups excluding carboxylic acids is 1. The predicted molar refractivity (Wildman–Crippen MR) is 80.4 cm³/mol. The van der Waals surface area contributed by atoms with Crippen LogP contribution in [-0.2, 0) is 17.8 Å². The average molecular weight is 282 g/mol. The first kappa shape index (κ1) is 13.8. The van der Waals surface area contributed by atoms with Crippen LogP contribution in [0.4, 0.5) is 0 Å². The van der Waals surface area contributed by atoms with Crippen molar-refractivity contribution in [1.82, 2.24) is 0 Å². The van der Waals surface area contributed by atoms with Gasteiger partial charge in [0.15, 0.2) is 12.6 Å². The van der Waals surface area contributed by atoms with Gasteiger partial charge in [-0.3, -0.25) is 4.79 Å². The second kappa shape index (κ2) is 6.55. The van der Waals surface area contributed by atoms with Crippen molar-refractivity contribution >= 4 is 5.78 Å². The largest absolute Gasteiger partial charge is 0.468 e. The van der Waals surface area contributed by atoms with Crippen molar-refractivity contribution in [3.8, 4) is 5.75 Å². The first-order chi connectivity index (χ1) is 10.3. The van der Waals surface area contributed by atoms with E-state index in [4.69, 9.17) is 9.47 Å². The number of rotatable bonds is 5. The van der Waals surface area contributed by atoms with Gasteiger partial charge in [0.2, 0.25) is 0 Å². The summed E-state index contributed by atoms with van der Waals surface area (Å²) in [5.41, 5.74) is 3.06. The van der Waals surface area contributed by atoms with Gasteiger partial charge in [0.1, 0.15) is 5.75 Å². The molecular formula is C18H18O3. The van der Waals surface area contributed by atoms with Crippen LogP contribution in [0.1, 0.15) is 34.3 Å². The second-order valence-corrected chi connectivity index (χ2v) is 5.19. The van der Waals surface area contributed by atoms with Gasteiger partial charge in [0.25, 0.3) is 0 Å². The maximum absolute atomic E-state index is 11.7. The van der Waals surface area contributed by atoms with Gasteiger partial charge in [-0.05, 0) is 42.2 Å². The van der Waals surface area contributed by atoms with Crippen molar-refractivity contribution in [1.29, 1.82) is 0 Å². The van der Waals surface area contributed by atoms with Crippen molar-refractivity contribution in [3.05, 3.63) is 65.2 Å². The fraction of sp³-hybridized carbons (Fsp3) is 0.278. The number of aryl methyl sites for hydroxylation is 1. The van der Waals surface area contributed by atoms with Crippen LogP contribution in [0.2, 0.25) is 0 Å². The molecule has 0 atom stereocenters. The van der Waals surface area contributed by atoms with Crippen molar-refractivity contribution in [2.75, 3.05) is 6.79 Å². The summed E-state index contributed by atoms with van der Waals surface area (Å²) in [4.78, 5) is 11.7. The summed E-state index contributed by atoms with van der Waals surface area (Å²) in [5.74, 6) is 1.000. The lowest BCUT2D eigenvalue weighted by molar-refractivity contribution is 0.00500. The lowest BCUT2D eigenvalue weighted by Crippen LogP contribution is -2.11. The van der Waals surface area contributed by atoms with E-state index in [0.29, 0.717) is 13.0 Å². The number of benzene rings is 2. The topological polar surface area (TPSA) is 35.5 Å². The molecule has 0 unspecified atom stereocenters. The van der Waals surface area contributed by atoms with E-state index < -0.39 is 0 Å². The third kappa shape index (κ3) is 3.50. The molecule has 0 saturated heterocycles. The highest BCUT2D eigenvalue weighted by atomic mass is 16.7. The molecule has 0 radical (unpaired) electrons. The molecule has 0 spiro atoms. The Balaban J connectivity index is 1.53. The minimum Gasteiger partial charge on any atom is -0.468 e. The number of hydrogen-bond donors (Lipinski definition) is 0. The molecule has 0 aromatic heterocycles. The lowest BCUT2D eigenvalue weighted by Gasteiger charge is -2.16. The molecule has 1 aliphatic carbocycles. The normalized spacial score (nSPS) is 13.8. The third-order valence-corrected chi connectivity index (χ3v) is 3.65. The third-order valence-electron chi connectivity index (χ3n) is 3.65. The van der Waals surface area contributed by atoms with Gasteiger partial charge >= 0.3 is 0 Å². The number of hydrogen-bond acceptors (Lipinski definition) is 3. The van der Waals surface area contributed by atoms with E-state index in [2.05, 4.69) is 0 Å². The molecule has 0 amide bonds. The van der Waals surface area contributed by atoms with Gasteiger partial charge in [-0.25, -0.2) is 0 Å². The standard InChI is InChI=1S/C18H18O3/c19-18-8-4-7-15-11-16(9-10-17(15)18)21-13-20-12-14-5-2-1-3-6-14/h1-3,5-6,9-11H,4,7-8,12-13H2. The first-order valence-electron chi connectivity index (χ1n) is 7.23. The molecule has 2 aromatic rings. The number of Topliss-reactive ketones (excluding diaryl/α,β-unsaturated/α-hetero) is 1. The summed E-state index contributed by atoms with van der Waals surface area (Å²) < 4.78 is 11.1. The van der Waals surface area contributed by atoms with Gasteiger partial charge < -0.3 is 9.47 Å². The van der Waals surface area contributed by atoms with E-state index in [1.807, 2.05) is 48.5 Å². The van der Waals surface area contributed by atoms with Crippen LogP contribution in [0.3, 0.4) is 0 Å². The Morgan fingerprint density at radius 3 is 2.71 bits per heavy atom. The van der Waals surface area contributed by atoms with Gasteiger partial charge in [0, 0.05) is 12.0 Å². The smallest absolute Gasteiger partial charge is 0.189 e. The summed E-state index contributed by atoms with van der Waals surface area (Å²) in [7, 11) is 0. The Kier molecular flexibility index (Phi) is 4.31. The van der Waals surface area contributed by atoms with Gasteiger partial charge in [0.05, 0.1) is 6.61 Å². The highest BCUT2D eigenvalue weighted by Crippen LogP contribution is 2.25. The molecule has 0 fully saturated rings. The van der Waals surface area contributed by atoms with E-state index in [1.165, 1.54) is 0 Å². The van der Waals surface area contributed by atoms with E-state index in [1.54, 1.807) is 0 Å². The van der Waals surface area contributed by atoms with Crippen molar-refractivity contribution in [3.63, 3.8) is 0 Å². The van der Waals surface area contributed by atoms with Crippen LogP contribution in [0.5, 0.6) is 5.75 Å². The quantitative estimate of drug-likeness (QED) is 0.619. The average Bonchev–Trinajstić information content (AvgIpc) is 2.53. The van der Waals surface area contributed by atoms with Crippen LogP contribution in [0, 0.1) is 0 Å². The highest BCUT2D eigenvalue weighted by molar-refractivity contribution is 5.98. The summed E-state index contributed by atoms with van der Waals surface area (Å²) >= 11 is 0. The predicted octanol–water partition coefficient (Wildman–Crippen LogP) is 3.76. The number of fused-ring (bicyclic) bond motifs is 1. The van der Waals surface area contributed by atoms with Crippen LogP contribution in [0.15, 0.2) is 48.5 Å².